The van der Waals surface area contributed by atoms with Gasteiger partial charge in [0, 0.05) is 0 Å². The Morgan fingerprint density at radius 2 is 1.38 bits per heavy atom. The molecular formula is C23H19FN2O3. The molecule has 3 aromatic carbocycles. The van der Waals surface area contributed by atoms with Crippen LogP contribution in [0.2, 0.25) is 0 Å². The molecule has 0 aromatic heterocycles. The van der Waals surface area contributed by atoms with Gasteiger partial charge in [0.25, 0.3) is 5.91 Å². The zero-order chi connectivity index (χ0) is 20.4. The zero-order valence-corrected chi connectivity index (χ0v) is 15.5. The highest BCUT2D eigenvalue weighted by Crippen LogP contribution is 2.36. The summed E-state index contributed by atoms with van der Waals surface area (Å²) in [4.78, 5) is 27.3. The van der Waals surface area contributed by atoms with Gasteiger partial charge in [-0.05, 0) is 28.8 Å². The largest absolute Gasteiger partial charge is 0.387 e. The van der Waals surface area contributed by atoms with Crippen LogP contribution in [0.5, 0.6) is 0 Å². The Labute approximate surface area is 167 Å². The van der Waals surface area contributed by atoms with Crippen molar-refractivity contribution in [2.24, 2.45) is 0 Å². The third-order valence-corrected chi connectivity index (χ3v) is 5.13. The van der Waals surface area contributed by atoms with Gasteiger partial charge in [-0.1, -0.05) is 72.8 Å². The van der Waals surface area contributed by atoms with Crippen molar-refractivity contribution in [1.29, 1.82) is 0 Å². The van der Waals surface area contributed by atoms with Crippen molar-refractivity contribution in [1.82, 2.24) is 10.2 Å². The number of carbonyl (C=O) groups is 2. The van der Waals surface area contributed by atoms with Gasteiger partial charge in [0.15, 0.2) is 5.54 Å². The Hall–Kier alpha value is -3.51. The van der Waals surface area contributed by atoms with E-state index in [0.717, 1.165) is 4.90 Å². The summed E-state index contributed by atoms with van der Waals surface area (Å²) in [6.07, 6.45) is -1.13. The van der Waals surface area contributed by atoms with E-state index in [1.165, 1.54) is 24.3 Å². The van der Waals surface area contributed by atoms with E-state index in [0.29, 0.717) is 16.7 Å². The quantitative estimate of drug-likeness (QED) is 0.657. The molecule has 0 saturated carbocycles. The summed E-state index contributed by atoms with van der Waals surface area (Å²) in [5.74, 6) is -0.899. The van der Waals surface area contributed by atoms with Crippen molar-refractivity contribution in [3.63, 3.8) is 0 Å². The number of aliphatic hydroxyl groups is 1. The van der Waals surface area contributed by atoms with Crippen LogP contribution in [0.25, 0.3) is 0 Å². The standard InChI is InChI=1S/C23H19FN2O3/c24-19-13-11-16(12-14-19)20(27)15-26-21(28)23(25-22(26)29,17-7-3-1-4-8-17)18-9-5-2-6-10-18/h1-14,20,27H,15H2,(H,25,29)/t20-/m0/s1. The summed E-state index contributed by atoms with van der Waals surface area (Å²) < 4.78 is 13.1. The molecule has 3 aromatic rings. The topological polar surface area (TPSA) is 69.6 Å². The smallest absolute Gasteiger partial charge is 0.325 e. The lowest BCUT2D eigenvalue weighted by Gasteiger charge is -2.28. The van der Waals surface area contributed by atoms with Gasteiger partial charge in [0.05, 0.1) is 12.6 Å². The molecule has 0 aliphatic carbocycles. The van der Waals surface area contributed by atoms with E-state index in [-0.39, 0.29) is 6.54 Å². The first-order valence-electron chi connectivity index (χ1n) is 9.21. The van der Waals surface area contributed by atoms with Crippen LogP contribution < -0.4 is 5.32 Å². The average molecular weight is 390 g/mol. The number of carbonyl (C=O) groups excluding carboxylic acids is 2. The van der Waals surface area contributed by atoms with Gasteiger partial charge in [-0.25, -0.2) is 9.18 Å². The van der Waals surface area contributed by atoms with E-state index >= 15 is 0 Å². The Morgan fingerprint density at radius 3 is 1.90 bits per heavy atom. The van der Waals surface area contributed by atoms with Gasteiger partial charge in [0.2, 0.25) is 0 Å². The third-order valence-electron chi connectivity index (χ3n) is 5.13. The second-order valence-electron chi connectivity index (χ2n) is 6.90. The lowest BCUT2D eigenvalue weighted by Crippen LogP contribution is -2.45. The van der Waals surface area contributed by atoms with Gasteiger partial charge in [0.1, 0.15) is 5.82 Å². The second kappa shape index (κ2) is 7.48. The van der Waals surface area contributed by atoms with Crippen LogP contribution in [-0.4, -0.2) is 28.5 Å². The third kappa shape index (κ3) is 3.28. The number of nitrogens with one attached hydrogen (secondary N) is 1. The van der Waals surface area contributed by atoms with Crippen LogP contribution in [0.4, 0.5) is 9.18 Å². The van der Waals surface area contributed by atoms with Crippen LogP contribution in [0.1, 0.15) is 22.8 Å². The normalized spacial score (nSPS) is 16.6. The fourth-order valence-electron chi connectivity index (χ4n) is 3.64. The van der Waals surface area contributed by atoms with Gasteiger partial charge in [-0.3, -0.25) is 9.69 Å². The number of nitrogens with zero attached hydrogens (tertiary/aromatic N) is 1. The van der Waals surface area contributed by atoms with Crippen molar-refractivity contribution >= 4 is 11.9 Å². The second-order valence-corrected chi connectivity index (χ2v) is 6.90. The lowest BCUT2D eigenvalue weighted by molar-refractivity contribution is -0.131. The highest BCUT2D eigenvalue weighted by Gasteiger charge is 2.53. The van der Waals surface area contributed by atoms with Crippen molar-refractivity contribution in [3.05, 3.63) is 107 Å². The van der Waals surface area contributed by atoms with Crippen molar-refractivity contribution in [3.8, 4) is 0 Å². The highest BCUT2D eigenvalue weighted by atomic mass is 19.1. The summed E-state index contributed by atoms with van der Waals surface area (Å²) in [5, 5.41) is 13.4. The van der Waals surface area contributed by atoms with E-state index in [2.05, 4.69) is 5.32 Å². The number of benzene rings is 3. The number of amides is 3. The number of rotatable bonds is 5. The molecular weight excluding hydrogens is 371 g/mol. The maximum atomic E-state index is 13.5. The first kappa shape index (κ1) is 18.8. The zero-order valence-electron chi connectivity index (χ0n) is 15.5. The molecule has 5 nitrogen and oxygen atoms in total. The number of β-amino-alcohol motifs (C(OH)–C–C–N with tert-alkyl or cyclic N) is 1. The molecule has 1 atom stereocenters. The monoisotopic (exact) mass is 390 g/mol. The molecule has 1 aliphatic rings. The molecule has 3 amide bonds. The predicted octanol–water partition coefficient (Wildman–Crippen LogP) is 3.35. The Morgan fingerprint density at radius 1 is 0.862 bits per heavy atom. The molecule has 1 heterocycles. The van der Waals surface area contributed by atoms with Crippen LogP contribution in [0, 0.1) is 5.82 Å². The fraction of sp³-hybridized carbons (Fsp3) is 0.130. The molecule has 1 aliphatic heterocycles. The maximum absolute atomic E-state index is 13.5. The van der Waals surface area contributed by atoms with E-state index < -0.39 is 29.4 Å². The molecule has 1 saturated heterocycles. The van der Waals surface area contributed by atoms with Gasteiger partial charge in [-0.15, -0.1) is 0 Å². The molecule has 2 N–H and O–H groups in total. The van der Waals surface area contributed by atoms with Crippen molar-refractivity contribution < 1.29 is 19.1 Å². The molecule has 0 unspecified atom stereocenters. The van der Waals surface area contributed by atoms with Crippen molar-refractivity contribution in [2.45, 2.75) is 11.6 Å². The minimum atomic E-state index is -1.37. The van der Waals surface area contributed by atoms with E-state index in [4.69, 9.17) is 0 Å². The molecule has 0 bridgehead atoms. The van der Waals surface area contributed by atoms with Crippen LogP contribution >= 0.6 is 0 Å². The minimum absolute atomic E-state index is 0.238. The van der Waals surface area contributed by atoms with Crippen LogP contribution in [0.3, 0.4) is 0 Å². The first-order valence-corrected chi connectivity index (χ1v) is 9.21. The molecule has 0 spiro atoms. The summed E-state index contributed by atoms with van der Waals surface area (Å²) in [7, 11) is 0. The molecule has 4 rings (SSSR count). The maximum Gasteiger partial charge on any atom is 0.325 e. The van der Waals surface area contributed by atoms with Gasteiger partial charge in [-0.2, -0.15) is 0 Å². The lowest BCUT2D eigenvalue weighted by atomic mass is 9.82. The SMILES string of the molecule is O=C1NC(c2ccccc2)(c2ccccc2)C(=O)N1C[C@H](O)c1ccc(F)cc1. The predicted molar refractivity (Wildman–Crippen MR) is 105 cm³/mol. The summed E-state index contributed by atoms with van der Waals surface area (Å²) in [6.45, 7) is -0.238. The summed E-state index contributed by atoms with van der Waals surface area (Å²) in [6, 6.07) is 22.7. The van der Waals surface area contributed by atoms with E-state index in [1.807, 2.05) is 12.1 Å². The Kier molecular flexibility index (Phi) is 4.86. The summed E-state index contributed by atoms with van der Waals surface area (Å²) >= 11 is 0. The summed E-state index contributed by atoms with van der Waals surface area (Å²) in [5.41, 5.74) is 0.304. The van der Waals surface area contributed by atoms with Gasteiger partial charge < -0.3 is 10.4 Å². The number of imide groups is 1. The highest BCUT2D eigenvalue weighted by molar-refractivity contribution is 6.09. The number of aliphatic hydroxyl groups excluding tert-OH is 1. The average Bonchev–Trinajstić information content (AvgIpc) is 3.01. The van der Waals surface area contributed by atoms with E-state index in [9.17, 15) is 19.1 Å². The number of hydrogen-bond acceptors (Lipinski definition) is 3. The molecule has 6 heteroatoms. The van der Waals surface area contributed by atoms with Crippen LogP contribution in [-0.2, 0) is 10.3 Å². The number of halogens is 1. The molecule has 146 valence electrons. The van der Waals surface area contributed by atoms with Crippen LogP contribution in [0.15, 0.2) is 84.9 Å². The Bertz CT molecular complexity index is 984. The van der Waals surface area contributed by atoms with Crippen molar-refractivity contribution in [2.75, 3.05) is 6.54 Å². The minimum Gasteiger partial charge on any atom is -0.387 e. The molecule has 1 fully saturated rings. The first-order chi connectivity index (χ1) is 14.0. The Balaban J connectivity index is 1.71. The number of urea groups is 1. The molecule has 0 radical (unpaired) electrons. The fourth-order valence-corrected chi connectivity index (χ4v) is 3.64. The molecule has 29 heavy (non-hydrogen) atoms. The van der Waals surface area contributed by atoms with E-state index in [1.54, 1.807) is 48.5 Å². The number of hydrogen-bond donors (Lipinski definition) is 2. The van der Waals surface area contributed by atoms with Gasteiger partial charge >= 0.3 is 6.03 Å².